The summed E-state index contributed by atoms with van der Waals surface area (Å²) in [6.45, 7) is 0.971. The van der Waals surface area contributed by atoms with Gasteiger partial charge in [0, 0.05) is 18.5 Å². The topological polar surface area (TPSA) is 95.7 Å². The molecule has 2 heterocycles. The number of likely N-dealkylation sites (tertiary alicyclic amines) is 1. The van der Waals surface area contributed by atoms with E-state index in [4.69, 9.17) is 10.8 Å². The van der Waals surface area contributed by atoms with Crippen molar-refractivity contribution in [3.8, 4) is 0 Å². The first-order chi connectivity index (χ1) is 7.58. The van der Waals surface area contributed by atoms with Crippen LogP contribution in [0.3, 0.4) is 0 Å². The average Bonchev–Trinajstić information content (AvgIpc) is 2.77. The second-order valence-electron chi connectivity index (χ2n) is 4.61. The Bertz CT molecular complexity index is 312. The second kappa shape index (κ2) is 4.03. The van der Waals surface area contributed by atoms with Gasteiger partial charge in [0.1, 0.15) is 6.04 Å². The molecule has 4 N–H and O–H groups in total. The lowest BCUT2D eigenvalue weighted by Gasteiger charge is -2.27. The number of carbonyl (C=O) groups is 2. The Labute approximate surface area is 93.8 Å². The molecule has 90 valence electrons. The molecule has 2 unspecified atom stereocenters. The highest BCUT2D eigenvalue weighted by Crippen LogP contribution is 2.31. The van der Waals surface area contributed by atoms with Crippen LogP contribution >= 0.6 is 0 Å². The Morgan fingerprint density at radius 1 is 1.69 bits per heavy atom. The number of aliphatic hydroxyl groups excluding tert-OH is 1. The van der Waals surface area contributed by atoms with Gasteiger partial charge >= 0.3 is 0 Å². The molecule has 0 bridgehead atoms. The fourth-order valence-electron chi connectivity index (χ4n) is 2.64. The van der Waals surface area contributed by atoms with E-state index in [1.165, 1.54) is 4.90 Å². The Balaban J connectivity index is 2.12. The zero-order chi connectivity index (χ0) is 11.8. The normalized spacial score (nSPS) is 31.3. The van der Waals surface area contributed by atoms with Crippen LogP contribution in [0.15, 0.2) is 0 Å². The lowest BCUT2D eigenvalue weighted by Crippen LogP contribution is -2.50. The van der Waals surface area contributed by atoms with E-state index in [0.717, 1.165) is 19.4 Å². The van der Waals surface area contributed by atoms with Crippen LogP contribution in [-0.4, -0.2) is 53.1 Å². The van der Waals surface area contributed by atoms with Gasteiger partial charge in [-0.3, -0.25) is 9.59 Å². The third-order valence-corrected chi connectivity index (χ3v) is 3.49. The molecule has 0 radical (unpaired) electrons. The highest BCUT2D eigenvalue weighted by atomic mass is 16.3. The number of rotatable bonds is 3. The number of amides is 2. The number of nitrogens with zero attached hydrogens (tertiary/aromatic N) is 1. The first kappa shape index (κ1) is 11.3. The maximum atomic E-state index is 11.8. The van der Waals surface area contributed by atoms with E-state index in [1.807, 2.05) is 0 Å². The molecule has 0 aromatic rings. The van der Waals surface area contributed by atoms with E-state index >= 15 is 0 Å². The summed E-state index contributed by atoms with van der Waals surface area (Å²) in [6, 6.07) is -0.880. The third kappa shape index (κ3) is 1.78. The van der Waals surface area contributed by atoms with E-state index in [2.05, 4.69) is 5.32 Å². The minimum absolute atomic E-state index is 0.104. The monoisotopic (exact) mass is 227 g/mol. The summed E-state index contributed by atoms with van der Waals surface area (Å²) in [6.07, 6.45) is 2.38. The van der Waals surface area contributed by atoms with E-state index in [-0.39, 0.29) is 11.4 Å². The van der Waals surface area contributed by atoms with Gasteiger partial charge in [-0.25, -0.2) is 0 Å². The molecule has 2 amide bonds. The Hall–Kier alpha value is -1.14. The van der Waals surface area contributed by atoms with Crippen LogP contribution in [0.1, 0.15) is 19.3 Å². The molecule has 6 nitrogen and oxygen atoms in total. The molecule has 2 aliphatic rings. The molecule has 1 spiro atoms. The van der Waals surface area contributed by atoms with Gasteiger partial charge < -0.3 is 21.1 Å². The number of carbonyl (C=O) groups excluding carboxylic acids is 2. The highest BCUT2D eigenvalue weighted by Gasteiger charge is 2.47. The molecule has 0 aromatic heterocycles. The summed E-state index contributed by atoms with van der Waals surface area (Å²) in [5, 5.41) is 12.4. The molecule has 2 rings (SSSR count). The standard InChI is InChI=1S/C10H17N3O3/c11-9(16)7(5-14)13-6-10(4-8(13)15)2-1-3-12-10/h7,12,14H,1-6H2,(H2,11,16). The molecule has 2 fully saturated rings. The lowest BCUT2D eigenvalue weighted by molar-refractivity contribution is -0.137. The smallest absolute Gasteiger partial charge is 0.242 e. The summed E-state index contributed by atoms with van der Waals surface area (Å²) < 4.78 is 0. The summed E-state index contributed by atoms with van der Waals surface area (Å²) >= 11 is 0. The van der Waals surface area contributed by atoms with Gasteiger partial charge in [-0.05, 0) is 19.4 Å². The predicted molar refractivity (Wildman–Crippen MR) is 56.4 cm³/mol. The summed E-state index contributed by atoms with van der Waals surface area (Å²) in [5.41, 5.74) is 4.97. The maximum Gasteiger partial charge on any atom is 0.242 e. The van der Waals surface area contributed by atoms with E-state index < -0.39 is 18.6 Å². The first-order valence-electron chi connectivity index (χ1n) is 5.53. The molecule has 0 aromatic carbocycles. The van der Waals surface area contributed by atoms with Crippen molar-refractivity contribution >= 4 is 11.8 Å². The summed E-state index contributed by atoms with van der Waals surface area (Å²) in [7, 11) is 0. The van der Waals surface area contributed by atoms with Crippen LogP contribution in [0.25, 0.3) is 0 Å². The van der Waals surface area contributed by atoms with Crippen molar-refractivity contribution in [1.29, 1.82) is 0 Å². The van der Waals surface area contributed by atoms with Crippen molar-refractivity contribution < 1.29 is 14.7 Å². The van der Waals surface area contributed by atoms with Gasteiger partial charge in [0.15, 0.2) is 0 Å². The highest BCUT2D eigenvalue weighted by molar-refractivity contribution is 5.88. The van der Waals surface area contributed by atoms with Crippen molar-refractivity contribution in [2.24, 2.45) is 5.73 Å². The molecular weight excluding hydrogens is 210 g/mol. The van der Waals surface area contributed by atoms with Gasteiger partial charge in [-0.2, -0.15) is 0 Å². The van der Waals surface area contributed by atoms with Crippen LogP contribution in [0.5, 0.6) is 0 Å². The predicted octanol–water partition coefficient (Wildman–Crippen LogP) is -1.81. The quantitative estimate of drug-likeness (QED) is 0.529. The fourth-order valence-corrected chi connectivity index (χ4v) is 2.64. The third-order valence-electron chi connectivity index (χ3n) is 3.49. The molecule has 16 heavy (non-hydrogen) atoms. The van der Waals surface area contributed by atoms with Crippen LogP contribution in [0.2, 0.25) is 0 Å². The van der Waals surface area contributed by atoms with Crippen LogP contribution < -0.4 is 11.1 Å². The fraction of sp³-hybridized carbons (Fsp3) is 0.800. The molecule has 2 saturated heterocycles. The minimum atomic E-state index is -0.880. The molecule has 0 aliphatic carbocycles. The SMILES string of the molecule is NC(=O)C(CO)N1CC2(CCCN2)CC1=O. The van der Waals surface area contributed by atoms with Crippen LogP contribution in [0, 0.1) is 0 Å². The van der Waals surface area contributed by atoms with Gasteiger partial charge in [0.05, 0.1) is 6.61 Å². The first-order valence-corrected chi connectivity index (χ1v) is 5.53. The van der Waals surface area contributed by atoms with Gasteiger partial charge in [-0.1, -0.05) is 0 Å². The number of hydrogen-bond donors (Lipinski definition) is 3. The molecule has 6 heteroatoms. The number of primary amides is 1. The lowest BCUT2D eigenvalue weighted by atomic mass is 9.97. The van der Waals surface area contributed by atoms with E-state index in [1.54, 1.807) is 0 Å². The molecular formula is C10H17N3O3. The molecule has 0 saturated carbocycles. The Kier molecular flexibility index (Phi) is 2.86. The van der Waals surface area contributed by atoms with E-state index in [9.17, 15) is 9.59 Å². The Morgan fingerprint density at radius 3 is 2.94 bits per heavy atom. The number of nitrogens with one attached hydrogen (secondary N) is 1. The van der Waals surface area contributed by atoms with Crippen molar-refractivity contribution in [3.63, 3.8) is 0 Å². The zero-order valence-electron chi connectivity index (χ0n) is 9.11. The van der Waals surface area contributed by atoms with Crippen molar-refractivity contribution in [2.75, 3.05) is 19.7 Å². The molecule has 2 aliphatic heterocycles. The Morgan fingerprint density at radius 2 is 2.44 bits per heavy atom. The number of nitrogens with two attached hydrogens (primary N) is 1. The summed E-state index contributed by atoms with van der Waals surface area (Å²) in [4.78, 5) is 24.3. The second-order valence-corrected chi connectivity index (χ2v) is 4.61. The van der Waals surface area contributed by atoms with Gasteiger partial charge in [0.25, 0.3) is 0 Å². The zero-order valence-corrected chi connectivity index (χ0v) is 9.11. The number of aliphatic hydroxyl groups is 1. The average molecular weight is 227 g/mol. The number of hydrogen-bond acceptors (Lipinski definition) is 4. The summed E-state index contributed by atoms with van der Waals surface area (Å²) in [5.74, 6) is -0.752. The largest absolute Gasteiger partial charge is 0.394 e. The van der Waals surface area contributed by atoms with E-state index in [0.29, 0.717) is 13.0 Å². The minimum Gasteiger partial charge on any atom is -0.394 e. The maximum absolute atomic E-state index is 11.8. The molecule has 2 atom stereocenters. The van der Waals surface area contributed by atoms with Crippen LogP contribution in [-0.2, 0) is 9.59 Å². The van der Waals surface area contributed by atoms with Crippen molar-refractivity contribution in [3.05, 3.63) is 0 Å². The van der Waals surface area contributed by atoms with Gasteiger partial charge in [-0.15, -0.1) is 0 Å². The van der Waals surface area contributed by atoms with Gasteiger partial charge in [0.2, 0.25) is 11.8 Å². The van der Waals surface area contributed by atoms with Crippen LogP contribution in [0.4, 0.5) is 0 Å². The van der Waals surface area contributed by atoms with Crippen molar-refractivity contribution in [1.82, 2.24) is 10.2 Å². The van der Waals surface area contributed by atoms with Crippen molar-refractivity contribution in [2.45, 2.75) is 30.8 Å².